The van der Waals surface area contributed by atoms with E-state index in [0.717, 1.165) is 6.54 Å². The van der Waals surface area contributed by atoms with Crippen LogP contribution in [-0.2, 0) is 6.54 Å². The Hall–Kier alpha value is -0.860. The molecule has 1 aromatic rings. The van der Waals surface area contributed by atoms with Gasteiger partial charge in [-0.05, 0) is 18.1 Å². The van der Waals surface area contributed by atoms with E-state index in [2.05, 4.69) is 17.4 Å². The van der Waals surface area contributed by atoms with Gasteiger partial charge in [0, 0.05) is 6.54 Å². The van der Waals surface area contributed by atoms with Crippen molar-refractivity contribution in [3.8, 4) is 0 Å². The summed E-state index contributed by atoms with van der Waals surface area (Å²) in [4.78, 5) is 0. The molecular formula is C10H13NO. The summed E-state index contributed by atoms with van der Waals surface area (Å²) < 4.78 is 0. The molecule has 0 aliphatic carbocycles. The van der Waals surface area contributed by atoms with Crippen molar-refractivity contribution in [2.24, 2.45) is 0 Å². The normalized spacial score (nSPS) is 23.7. The smallest absolute Gasteiger partial charge is 0.0707 e. The number of fused-ring (bicyclic) bond motifs is 1. The Kier molecular flexibility index (Phi) is 1.87. The van der Waals surface area contributed by atoms with Gasteiger partial charge in [0.05, 0.1) is 12.1 Å². The summed E-state index contributed by atoms with van der Waals surface area (Å²) in [5.41, 5.74) is 2.55. The number of aliphatic hydroxyl groups is 1. The number of benzene rings is 1. The highest BCUT2D eigenvalue weighted by Crippen LogP contribution is 2.26. The second-order valence-corrected chi connectivity index (χ2v) is 3.30. The van der Waals surface area contributed by atoms with Crippen molar-refractivity contribution in [2.75, 3.05) is 0 Å². The maximum Gasteiger partial charge on any atom is 0.0707 e. The fraction of sp³-hybridized carbons (Fsp3) is 0.400. The average molecular weight is 163 g/mol. The molecule has 64 valence electrons. The van der Waals surface area contributed by atoms with Crippen LogP contribution in [-0.4, -0.2) is 11.2 Å². The molecule has 0 saturated heterocycles. The molecule has 0 aromatic heterocycles. The van der Waals surface area contributed by atoms with E-state index in [1.54, 1.807) is 0 Å². The van der Waals surface area contributed by atoms with Crippen molar-refractivity contribution in [1.82, 2.24) is 5.32 Å². The van der Waals surface area contributed by atoms with Gasteiger partial charge in [-0.15, -0.1) is 0 Å². The van der Waals surface area contributed by atoms with Crippen molar-refractivity contribution in [1.29, 1.82) is 0 Å². The van der Waals surface area contributed by atoms with Crippen molar-refractivity contribution >= 4 is 0 Å². The highest BCUT2D eigenvalue weighted by atomic mass is 16.3. The van der Waals surface area contributed by atoms with Crippen LogP contribution in [0.25, 0.3) is 0 Å². The van der Waals surface area contributed by atoms with Gasteiger partial charge in [0.2, 0.25) is 0 Å². The van der Waals surface area contributed by atoms with Crippen LogP contribution in [0, 0.1) is 0 Å². The third-order valence-electron chi connectivity index (χ3n) is 2.38. The molecule has 0 bridgehead atoms. The first kappa shape index (κ1) is 7.77. The van der Waals surface area contributed by atoms with Crippen LogP contribution in [0.4, 0.5) is 0 Å². The second-order valence-electron chi connectivity index (χ2n) is 3.30. The molecule has 1 aromatic carbocycles. The van der Waals surface area contributed by atoms with E-state index in [1.165, 1.54) is 11.1 Å². The lowest BCUT2D eigenvalue weighted by molar-refractivity contribution is 0.151. The zero-order valence-corrected chi connectivity index (χ0v) is 7.12. The minimum Gasteiger partial charge on any atom is -0.391 e. The monoisotopic (exact) mass is 163 g/mol. The molecule has 0 saturated carbocycles. The van der Waals surface area contributed by atoms with E-state index in [4.69, 9.17) is 0 Å². The van der Waals surface area contributed by atoms with Gasteiger partial charge in [-0.2, -0.15) is 0 Å². The molecule has 1 aliphatic rings. The summed E-state index contributed by atoms with van der Waals surface area (Å²) in [5, 5.41) is 12.7. The summed E-state index contributed by atoms with van der Waals surface area (Å²) in [5.74, 6) is 0. The first-order valence-corrected chi connectivity index (χ1v) is 4.28. The van der Waals surface area contributed by atoms with Crippen LogP contribution in [0.3, 0.4) is 0 Å². The number of aliphatic hydroxyl groups excluding tert-OH is 1. The number of rotatable bonds is 1. The van der Waals surface area contributed by atoms with Gasteiger partial charge in [-0.3, -0.25) is 0 Å². The summed E-state index contributed by atoms with van der Waals surface area (Å²) in [6.07, 6.45) is -0.311. The van der Waals surface area contributed by atoms with Crippen LogP contribution in [0.1, 0.15) is 24.1 Å². The lowest BCUT2D eigenvalue weighted by Gasteiger charge is -2.14. The number of hydrogen-bond acceptors (Lipinski definition) is 2. The van der Waals surface area contributed by atoms with Crippen molar-refractivity contribution in [3.63, 3.8) is 0 Å². The van der Waals surface area contributed by atoms with Crippen molar-refractivity contribution in [3.05, 3.63) is 35.4 Å². The Balaban J connectivity index is 2.36. The Morgan fingerprint density at radius 1 is 1.50 bits per heavy atom. The van der Waals surface area contributed by atoms with Crippen LogP contribution >= 0.6 is 0 Å². The van der Waals surface area contributed by atoms with Crippen LogP contribution in [0.2, 0.25) is 0 Å². The minimum absolute atomic E-state index is 0.126. The van der Waals surface area contributed by atoms with Gasteiger partial charge < -0.3 is 10.4 Å². The largest absolute Gasteiger partial charge is 0.391 e. The molecule has 2 nitrogen and oxygen atoms in total. The summed E-state index contributed by atoms with van der Waals surface area (Å²) in [6, 6.07) is 8.35. The molecule has 2 rings (SSSR count). The Labute approximate surface area is 72.2 Å². The van der Waals surface area contributed by atoms with E-state index < -0.39 is 0 Å². The fourth-order valence-corrected chi connectivity index (χ4v) is 1.76. The molecule has 1 heterocycles. The molecule has 0 radical (unpaired) electrons. The molecule has 1 aliphatic heterocycles. The summed E-state index contributed by atoms with van der Waals surface area (Å²) in [7, 11) is 0. The molecule has 2 heteroatoms. The molecule has 0 unspecified atom stereocenters. The van der Waals surface area contributed by atoms with Crippen molar-refractivity contribution in [2.45, 2.75) is 25.6 Å². The number of hydrogen-bond donors (Lipinski definition) is 2. The quantitative estimate of drug-likeness (QED) is 0.652. The summed E-state index contributed by atoms with van der Waals surface area (Å²) >= 11 is 0. The third-order valence-corrected chi connectivity index (χ3v) is 2.38. The lowest BCUT2D eigenvalue weighted by atomic mass is 10.0. The molecule has 2 atom stereocenters. The summed E-state index contributed by atoms with van der Waals surface area (Å²) in [6.45, 7) is 2.70. The highest BCUT2D eigenvalue weighted by Gasteiger charge is 2.24. The van der Waals surface area contributed by atoms with E-state index in [-0.39, 0.29) is 12.1 Å². The zero-order chi connectivity index (χ0) is 8.55. The molecule has 0 amide bonds. The molecule has 12 heavy (non-hydrogen) atoms. The third kappa shape index (κ3) is 1.13. The predicted molar refractivity (Wildman–Crippen MR) is 47.7 cm³/mol. The first-order valence-electron chi connectivity index (χ1n) is 4.28. The Morgan fingerprint density at radius 2 is 2.25 bits per heavy atom. The Bertz CT molecular complexity index is 283. The second kappa shape index (κ2) is 2.88. The van der Waals surface area contributed by atoms with Crippen LogP contribution < -0.4 is 5.32 Å². The minimum atomic E-state index is -0.311. The first-order chi connectivity index (χ1) is 5.79. The number of nitrogens with one attached hydrogen (secondary N) is 1. The molecule has 0 spiro atoms. The van der Waals surface area contributed by atoms with E-state index in [0.29, 0.717) is 0 Å². The van der Waals surface area contributed by atoms with Gasteiger partial charge in [-0.25, -0.2) is 0 Å². The maximum absolute atomic E-state index is 9.44. The maximum atomic E-state index is 9.44. The van der Waals surface area contributed by atoms with Gasteiger partial charge in [-0.1, -0.05) is 24.3 Å². The van der Waals surface area contributed by atoms with Gasteiger partial charge in [0.25, 0.3) is 0 Å². The molecule has 0 fully saturated rings. The average Bonchev–Trinajstić information content (AvgIpc) is 2.47. The van der Waals surface area contributed by atoms with Crippen LogP contribution in [0.15, 0.2) is 24.3 Å². The van der Waals surface area contributed by atoms with Crippen LogP contribution in [0.5, 0.6) is 0 Å². The van der Waals surface area contributed by atoms with Gasteiger partial charge >= 0.3 is 0 Å². The SMILES string of the molecule is C[C@H](O)[C@@H]1NCc2ccccc21. The lowest BCUT2D eigenvalue weighted by Crippen LogP contribution is -2.23. The fourth-order valence-electron chi connectivity index (χ4n) is 1.76. The standard InChI is InChI=1S/C10H13NO/c1-7(12)10-9-5-3-2-4-8(9)6-11-10/h2-5,7,10-12H,6H2,1H3/t7-,10-/m0/s1. The van der Waals surface area contributed by atoms with E-state index >= 15 is 0 Å². The predicted octanol–water partition coefficient (Wildman–Crippen LogP) is 1.21. The molecular weight excluding hydrogens is 150 g/mol. The van der Waals surface area contributed by atoms with E-state index in [9.17, 15) is 5.11 Å². The molecule has 2 N–H and O–H groups in total. The van der Waals surface area contributed by atoms with Crippen molar-refractivity contribution < 1.29 is 5.11 Å². The highest BCUT2D eigenvalue weighted by molar-refractivity contribution is 5.34. The topological polar surface area (TPSA) is 32.3 Å². The van der Waals surface area contributed by atoms with E-state index in [1.807, 2.05) is 19.1 Å². The zero-order valence-electron chi connectivity index (χ0n) is 7.12. The van der Waals surface area contributed by atoms with Gasteiger partial charge in [0.15, 0.2) is 0 Å². The van der Waals surface area contributed by atoms with Gasteiger partial charge in [0.1, 0.15) is 0 Å². The Morgan fingerprint density at radius 3 is 3.00 bits per heavy atom.